The highest BCUT2D eigenvalue weighted by Crippen LogP contribution is 2.30. The van der Waals surface area contributed by atoms with Crippen LogP contribution < -0.4 is 5.56 Å². The number of hydrogen-bond donors (Lipinski definition) is 1. The van der Waals surface area contributed by atoms with Crippen molar-refractivity contribution in [2.45, 2.75) is 12.1 Å². The van der Waals surface area contributed by atoms with Crippen LogP contribution in [0, 0.1) is 18.3 Å². The SMILES string of the molecule is Cc1nc(-c2ccccc2)sc1C(=O)CSc1nc(-c2cccc(Cl)c2)c(C#N)c(=O)[nH]1. The molecule has 0 atom stereocenters. The number of ketones is 1. The first kappa shape index (κ1) is 22.0. The van der Waals surface area contributed by atoms with Crippen LogP contribution in [0.4, 0.5) is 0 Å². The number of aromatic amines is 1. The third kappa shape index (κ3) is 4.65. The minimum absolute atomic E-state index is 0.0705. The van der Waals surface area contributed by atoms with Crippen LogP contribution in [0.5, 0.6) is 0 Å². The standard InChI is InChI=1S/C23H15ClN4O2S2/c1-13-20(32-22(26-13)14-6-3-2-4-7-14)18(29)12-31-23-27-19(17(11-25)21(30)28-23)15-8-5-9-16(24)10-15/h2-10H,12H2,1H3,(H,27,28,30). The molecule has 2 aromatic heterocycles. The molecular formula is C23H15ClN4O2S2. The molecule has 0 aliphatic heterocycles. The lowest BCUT2D eigenvalue weighted by molar-refractivity contribution is 0.102. The number of aromatic nitrogens is 3. The molecule has 1 N–H and O–H groups in total. The van der Waals surface area contributed by atoms with Gasteiger partial charge in [0.05, 0.1) is 22.0 Å². The van der Waals surface area contributed by atoms with E-state index in [4.69, 9.17) is 11.6 Å². The first-order valence-electron chi connectivity index (χ1n) is 9.45. The van der Waals surface area contributed by atoms with E-state index in [9.17, 15) is 14.9 Å². The van der Waals surface area contributed by atoms with E-state index in [-0.39, 0.29) is 27.9 Å². The summed E-state index contributed by atoms with van der Waals surface area (Å²) in [6, 6.07) is 18.3. The van der Waals surface area contributed by atoms with Crippen molar-refractivity contribution in [3.8, 4) is 27.9 Å². The van der Waals surface area contributed by atoms with E-state index in [1.165, 1.54) is 11.3 Å². The quantitative estimate of drug-likeness (QED) is 0.227. The van der Waals surface area contributed by atoms with Crippen molar-refractivity contribution >= 4 is 40.5 Å². The molecule has 0 saturated heterocycles. The van der Waals surface area contributed by atoms with Gasteiger partial charge in [-0.1, -0.05) is 65.8 Å². The summed E-state index contributed by atoms with van der Waals surface area (Å²) in [6.07, 6.45) is 0. The molecule has 0 fully saturated rings. The molecule has 6 nitrogen and oxygen atoms in total. The highest BCUT2D eigenvalue weighted by Gasteiger charge is 2.19. The zero-order chi connectivity index (χ0) is 22.7. The first-order chi connectivity index (χ1) is 15.5. The van der Waals surface area contributed by atoms with Crippen LogP contribution in [-0.2, 0) is 0 Å². The average Bonchev–Trinajstić information content (AvgIpc) is 3.19. The summed E-state index contributed by atoms with van der Waals surface area (Å²) < 4.78 is 0. The summed E-state index contributed by atoms with van der Waals surface area (Å²) in [5.74, 6) is -0.0373. The number of nitrogens with one attached hydrogen (secondary N) is 1. The second kappa shape index (κ2) is 9.49. The molecule has 0 saturated carbocycles. The van der Waals surface area contributed by atoms with Gasteiger partial charge in [-0.2, -0.15) is 5.26 Å². The maximum atomic E-state index is 12.9. The Kier molecular flexibility index (Phi) is 6.51. The van der Waals surface area contributed by atoms with Crippen molar-refractivity contribution in [2.75, 3.05) is 5.75 Å². The number of nitrogens with zero attached hydrogens (tertiary/aromatic N) is 3. The smallest absolute Gasteiger partial charge is 0.270 e. The molecule has 0 amide bonds. The maximum absolute atomic E-state index is 12.9. The predicted molar refractivity (Wildman–Crippen MR) is 127 cm³/mol. The molecule has 2 heterocycles. The normalized spacial score (nSPS) is 10.7. The second-order valence-corrected chi connectivity index (χ2v) is 9.13. The molecule has 32 heavy (non-hydrogen) atoms. The average molecular weight is 479 g/mol. The van der Waals surface area contributed by atoms with Crippen molar-refractivity contribution in [1.29, 1.82) is 5.26 Å². The number of hydrogen-bond acceptors (Lipinski definition) is 7. The summed E-state index contributed by atoms with van der Waals surface area (Å²) in [6.45, 7) is 1.81. The Labute approximate surface area is 197 Å². The lowest BCUT2D eigenvalue weighted by Crippen LogP contribution is -2.15. The Bertz CT molecular complexity index is 1410. The Morgan fingerprint density at radius 1 is 1.16 bits per heavy atom. The number of benzene rings is 2. The molecule has 9 heteroatoms. The van der Waals surface area contributed by atoms with Crippen LogP contribution >= 0.6 is 34.7 Å². The van der Waals surface area contributed by atoms with Gasteiger partial charge in [0, 0.05) is 16.1 Å². The van der Waals surface area contributed by atoms with Gasteiger partial charge in [0.2, 0.25) is 0 Å². The van der Waals surface area contributed by atoms with Gasteiger partial charge >= 0.3 is 0 Å². The zero-order valence-electron chi connectivity index (χ0n) is 16.8. The molecular weight excluding hydrogens is 464 g/mol. The Morgan fingerprint density at radius 2 is 1.91 bits per heavy atom. The van der Waals surface area contributed by atoms with Gasteiger partial charge in [-0.15, -0.1) is 11.3 Å². The number of H-pyrrole nitrogens is 1. The fraction of sp³-hybridized carbons (Fsp3) is 0.0870. The van der Waals surface area contributed by atoms with Crippen molar-refractivity contribution < 1.29 is 4.79 Å². The molecule has 0 radical (unpaired) electrons. The number of rotatable bonds is 6. The molecule has 4 aromatic rings. The largest absolute Gasteiger partial charge is 0.300 e. The monoisotopic (exact) mass is 478 g/mol. The van der Waals surface area contributed by atoms with Gasteiger partial charge < -0.3 is 4.98 Å². The Balaban J connectivity index is 1.58. The van der Waals surface area contributed by atoms with E-state index in [0.29, 0.717) is 21.2 Å². The summed E-state index contributed by atoms with van der Waals surface area (Å²) in [5.41, 5.74) is 1.74. The van der Waals surface area contributed by atoms with E-state index in [1.807, 2.05) is 36.4 Å². The van der Waals surface area contributed by atoms with Crippen LogP contribution in [0.1, 0.15) is 20.9 Å². The topological polar surface area (TPSA) is 99.5 Å². The van der Waals surface area contributed by atoms with Crippen molar-refractivity contribution in [3.63, 3.8) is 0 Å². The Hall–Kier alpha value is -3.25. The number of Topliss-reactive ketones (excluding diaryl/α,β-unsaturated/α-hetero) is 1. The molecule has 2 aromatic carbocycles. The van der Waals surface area contributed by atoms with Crippen molar-refractivity contribution in [3.05, 3.63) is 86.1 Å². The molecule has 158 valence electrons. The van der Waals surface area contributed by atoms with Crippen LogP contribution in [0.15, 0.2) is 64.5 Å². The lowest BCUT2D eigenvalue weighted by Gasteiger charge is -2.06. The molecule has 0 spiro atoms. The van der Waals surface area contributed by atoms with E-state index < -0.39 is 5.56 Å². The number of nitriles is 1. The van der Waals surface area contributed by atoms with Gasteiger partial charge in [-0.3, -0.25) is 9.59 Å². The number of halogens is 1. The highest BCUT2D eigenvalue weighted by atomic mass is 35.5. The molecule has 0 aliphatic carbocycles. The fourth-order valence-electron chi connectivity index (χ4n) is 3.03. The van der Waals surface area contributed by atoms with E-state index in [2.05, 4.69) is 15.0 Å². The third-order valence-electron chi connectivity index (χ3n) is 4.52. The molecule has 0 aliphatic rings. The van der Waals surface area contributed by atoms with Gasteiger partial charge in [0.1, 0.15) is 16.6 Å². The summed E-state index contributed by atoms with van der Waals surface area (Å²) in [7, 11) is 0. The van der Waals surface area contributed by atoms with Gasteiger partial charge in [0.15, 0.2) is 10.9 Å². The van der Waals surface area contributed by atoms with Crippen LogP contribution in [0.2, 0.25) is 5.02 Å². The Morgan fingerprint density at radius 3 is 2.62 bits per heavy atom. The third-order valence-corrected chi connectivity index (χ3v) is 6.87. The predicted octanol–water partition coefficient (Wildman–Crippen LogP) is 5.37. The van der Waals surface area contributed by atoms with E-state index in [1.54, 1.807) is 31.2 Å². The van der Waals surface area contributed by atoms with E-state index >= 15 is 0 Å². The van der Waals surface area contributed by atoms with Crippen LogP contribution in [0.3, 0.4) is 0 Å². The zero-order valence-corrected chi connectivity index (χ0v) is 19.1. The number of aryl methyl sites for hydroxylation is 1. The lowest BCUT2D eigenvalue weighted by atomic mass is 10.1. The number of thioether (sulfide) groups is 1. The molecule has 0 unspecified atom stereocenters. The van der Waals surface area contributed by atoms with Gasteiger partial charge in [-0.05, 0) is 19.1 Å². The summed E-state index contributed by atoms with van der Waals surface area (Å²) in [5, 5.41) is 10.9. The van der Waals surface area contributed by atoms with Crippen LogP contribution in [0.25, 0.3) is 21.8 Å². The van der Waals surface area contributed by atoms with Crippen molar-refractivity contribution in [1.82, 2.24) is 15.0 Å². The minimum Gasteiger partial charge on any atom is -0.300 e. The second-order valence-electron chi connectivity index (χ2n) is 6.73. The first-order valence-corrected chi connectivity index (χ1v) is 11.6. The number of carbonyl (C=O) groups is 1. The summed E-state index contributed by atoms with van der Waals surface area (Å²) >= 11 is 8.50. The number of thiazole rings is 1. The number of carbonyl (C=O) groups excluding carboxylic acids is 1. The molecule has 4 rings (SSSR count). The highest BCUT2D eigenvalue weighted by molar-refractivity contribution is 7.99. The summed E-state index contributed by atoms with van der Waals surface area (Å²) in [4.78, 5) is 37.4. The minimum atomic E-state index is -0.562. The molecule has 0 bridgehead atoms. The van der Waals surface area contributed by atoms with E-state index in [0.717, 1.165) is 22.3 Å². The van der Waals surface area contributed by atoms with Gasteiger partial charge in [-0.25, -0.2) is 9.97 Å². The maximum Gasteiger partial charge on any atom is 0.270 e. The van der Waals surface area contributed by atoms with Crippen LogP contribution in [-0.4, -0.2) is 26.5 Å². The van der Waals surface area contributed by atoms with Crippen molar-refractivity contribution in [2.24, 2.45) is 0 Å². The fourth-order valence-corrected chi connectivity index (χ4v) is 5.05. The van der Waals surface area contributed by atoms with Gasteiger partial charge in [0.25, 0.3) is 5.56 Å².